The third-order valence-electron chi connectivity index (χ3n) is 1.49. The summed E-state index contributed by atoms with van der Waals surface area (Å²) in [6, 6.07) is 3.14. The zero-order valence-electron chi connectivity index (χ0n) is 6.40. The van der Waals surface area contributed by atoms with Gasteiger partial charge in [0, 0.05) is 5.88 Å². The molecule has 0 fully saturated rings. The first kappa shape index (κ1) is 9.62. The second kappa shape index (κ2) is 3.97. The molecule has 0 radical (unpaired) electrons. The smallest absolute Gasteiger partial charge is 0.183 e. The van der Waals surface area contributed by atoms with Gasteiger partial charge in [-0.1, -0.05) is 17.7 Å². The molecule has 1 rings (SSSR count). The average molecular weight is 209 g/mol. The SMILES string of the molecule is COc1ccc(CCl)c(Cl)c1F. The maximum atomic E-state index is 13.1. The lowest BCUT2D eigenvalue weighted by atomic mass is 10.2. The minimum Gasteiger partial charge on any atom is -0.494 e. The van der Waals surface area contributed by atoms with Crippen molar-refractivity contribution in [1.82, 2.24) is 0 Å². The normalized spacial score (nSPS) is 10.0. The molecule has 66 valence electrons. The highest BCUT2D eigenvalue weighted by Crippen LogP contribution is 2.28. The van der Waals surface area contributed by atoms with Crippen LogP contribution in [0.5, 0.6) is 5.75 Å². The number of halogens is 3. The van der Waals surface area contributed by atoms with Crippen molar-refractivity contribution in [3.8, 4) is 5.75 Å². The molecule has 0 atom stereocenters. The van der Waals surface area contributed by atoms with Gasteiger partial charge in [0.25, 0.3) is 0 Å². The molecular weight excluding hydrogens is 202 g/mol. The molecule has 0 N–H and O–H groups in total. The molecule has 0 amide bonds. The lowest BCUT2D eigenvalue weighted by Gasteiger charge is -2.05. The zero-order chi connectivity index (χ0) is 9.14. The first-order valence-corrected chi connectivity index (χ1v) is 4.18. The molecular formula is C8H7Cl2FO. The number of hydrogen-bond donors (Lipinski definition) is 0. The number of rotatable bonds is 2. The average Bonchev–Trinajstić information content (AvgIpc) is 2.10. The van der Waals surface area contributed by atoms with Gasteiger partial charge in [0.2, 0.25) is 0 Å². The molecule has 0 saturated carbocycles. The van der Waals surface area contributed by atoms with Crippen LogP contribution in [-0.2, 0) is 5.88 Å². The molecule has 1 aromatic rings. The fraction of sp³-hybridized carbons (Fsp3) is 0.250. The van der Waals surface area contributed by atoms with Crippen molar-refractivity contribution in [2.75, 3.05) is 7.11 Å². The van der Waals surface area contributed by atoms with Crippen molar-refractivity contribution >= 4 is 23.2 Å². The van der Waals surface area contributed by atoms with Crippen LogP contribution >= 0.6 is 23.2 Å². The third kappa shape index (κ3) is 1.65. The van der Waals surface area contributed by atoms with Gasteiger partial charge < -0.3 is 4.74 Å². The summed E-state index contributed by atoms with van der Waals surface area (Å²) in [5, 5.41) is 0.0318. The van der Waals surface area contributed by atoms with E-state index in [9.17, 15) is 4.39 Å². The minimum absolute atomic E-state index is 0.0318. The highest BCUT2D eigenvalue weighted by Gasteiger charge is 2.10. The summed E-state index contributed by atoms with van der Waals surface area (Å²) in [6.07, 6.45) is 0. The van der Waals surface area contributed by atoms with Gasteiger partial charge in [-0.05, 0) is 11.6 Å². The maximum absolute atomic E-state index is 13.1. The molecule has 1 aromatic carbocycles. The summed E-state index contributed by atoms with van der Waals surface area (Å²) < 4.78 is 17.9. The van der Waals surface area contributed by atoms with Gasteiger partial charge in [-0.3, -0.25) is 0 Å². The molecule has 1 nitrogen and oxygen atoms in total. The second-order valence-corrected chi connectivity index (χ2v) is 2.83. The predicted octanol–water partition coefficient (Wildman–Crippen LogP) is 3.23. The Kier molecular flexibility index (Phi) is 3.18. The van der Waals surface area contributed by atoms with Crippen LogP contribution in [0.1, 0.15) is 5.56 Å². The summed E-state index contributed by atoms with van der Waals surface area (Å²) in [6.45, 7) is 0. The van der Waals surface area contributed by atoms with E-state index in [1.165, 1.54) is 13.2 Å². The summed E-state index contributed by atoms with van der Waals surface area (Å²) in [4.78, 5) is 0. The number of hydrogen-bond acceptors (Lipinski definition) is 1. The highest BCUT2D eigenvalue weighted by atomic mass is 35.5. The summed E-state index contributed by atoms with van der Waals surface area (Å²) in [5.41, 5.74) is 0.566. The number of methoxy groups -OCH3 is 1. The van der Waals surface area contributed by atoms with Gasteiger partial charge >= 0.3 is 0 Å². The van der Waals surface area contributed by atoms with Crippen LogP contribution in [0.15, 0.2) is 12.1 Å². The number of ether oxygens (including phenoxy) is 1. The molecule has 0 aliphatic carbocycles. The fourth-order valence-electron chi connectivity index (χ4n) is 0.833. The Morgan fingerprint density at radius 2 is 2.17 bits per heavy atom. The Morgan fingerprint density at radius 1 is 1.50 bits per heavy atom. The Hall–Kier alpha value is -0.470. The largest absolute Gasteiger partial charge is 0.494 e. The van der Waals surface area contributed by atoms with Crippen LogP contribution in [0, 0.1) is 5.82 Å². The lowest BCUT2D eigenvalue weighted by molar-refractivity contribution is 0.386. The molecule has 0 aliphatic rings. The Morgan fingerprint density at radius 3 is 2.67 bits per heavy atom. The van der Waals surface area contributed by atoms with Gasteiger partial charge in [0.05, 0.1) is 12.1 Å². The summed E-state index contributed by atoms with van der Waals surface area (Å²) in [7, 11) is 1.38. The fourth-order valence-corrected chi connectivity index (χ4v) is 1.35. The van der Waals surface area contributed by atoms with Gasteiger partial charge in [0.15, 0.2) is 11.6 Å². The molecule has 0 aliphatic heterocycles. The molecule has 0 unspecified atom stereocenters. The van der Waals surface area contributed by atoms with Crippen LogP contribution in [0.25, 0.3) is 0 Å². The molecule has 0 bridgehead atoms. The van der Waals surface area contributed by atoms with E-state index in [1.807, 2.05) is 0 Å². The Bertz CT molecular complexity index is 260. The topological polar surface area (TPSA) is 9.23 Å². The third-order valence-corrected chi connectivity index (χ3v) is 2.19. The summed E-state index contributed by atoms with van der Waals surface area (Å²) >= 11 is 11.1. The van der Waals surface area contributed by atoms with Gasteiger partial charge in [-0.15, -0.1) is 11.6 Å². The number of benzene rings is 1. The first-order valence-electron chi connectivity index (χ1n) is 3.27. The van der Waals surface area contributed by atoms with Crippen molar-refractivity contribution in [1.29, 1.82) is 0 Å². The molecule has 0 heterocycles. The monoisotopic (exact) mass is 208 g/mol. The van der Waals surface area contributed by atoms with Crippen LogP contribution in [0.2, 0.25) is 5.02 Å². The van der Waals surface area contributed by atoms with Gasteiger partial charge in [-0.25, -0.2) is 4.39 Å². The van der Waals surface area contributed by atoms with Crippen LogP contribution in [-0.4, -0.2) is 7.11 Å². The molecule has 0 spiro atoms. The standard InChI is InChI=1S/C8H7Cl2FO/c1-12-6-3-2-5(4-9)7(10)8(6)11/h2-3H,4H2,1H3. The van der Waals surface area contributed by atoms with E-state index in [0.717, 1.165) is 0 Å². The summed E-state index contributed by atoms with van der Waals surface area (Å²) in [5.74, 6) is -0.231. The van der Waals surface area contributed by atoms with E-state index in [4.69, 9.17) is 27.9 Å². The van der Waals surface area contributed by atoms with E-state index < -0.39 is 5.82 Å². The first-order chi connectivity index (χ1) is 5.70. The van der Waals surface area contributed by atoms with E-state index >= 15 is 0 Å². The second-order valence-electron chi connectivity index (χ2n) is 2.19. The van der Waals surface area contributed by atoms with Crippen molar-refractivity contribution in [3.63, 3.8) is 0 Å². The van der Waals surface area contributed by atoms with Crippen molar-refractivity contribution in [2.45, 2.75) is 5.88 Å². The molecule has 12 heavy (non-hydrogen) atoms. The van der Waals surface area contributed by atoms with Crippen molar-refractivity contribution in [3.05, 3.63) is 28.5 Å². The van der Waals surface area contributed by atoms with Gasteiger partial charge in [-0.2, -0.15) is 0 Å². The molecule has 4 heteroatoms. The van der Waals surface area contributed by atoms with Crippen LogP contribution in [0.3, 0.4) is 0 Å². The van der Waals surface area contributed by atoms with E-state index in [-0.39, 0.29) is 16.7 Å². The molecule has 0 aromatic heterocycles. The number of alkyl halides is 1. The lowest BCUT2D eigenvalue weighted by Crippen LogP contribution is -1.91. The van der Waals surface area contributed by atoms with Crippen LogP contribution in [0.4, 0.5) is 4.39 Å². The van der Waals surface area contributed by atoms with Gasteiger partial charge in [0.1, 0.15) is 0 Å². The van der Waals surface area contributed by atoms with Crippen molar-refractivity contribution in [2.24, 2.45) is 0 Å². The Balaban J connectivity index is 3.20. The van der Waals surface area contributed by atoms with E-state index in [1.54, 1.807) is 6.07 Å². The predicted molar refractivity (Wildman–Crippen MR) is 47.5 cm³/mol. The molecule has 0 saturated heterocycles. The quantitative estimate of drug-likeness (QED) is 0.679. The minimum atomic E-state index is -0.558. The Labute approximate surface area is 80.0 Å². The van der Waals surface area contributed by atoms with E-state index in [0.29, 0.717) is 5.56 Å². The zero-order valence-corrected chi connectivity index (χ0v) is 7.92. The van der Waals surface area contributed by atoms with Crippen molar-refractivity contribution < 1.29 is 9.13 Å². The van der Waals surface area contributed by atoms with E-state index in [2.05, 4.69) is 0 Å². The highest BCUT2D eigenvalue weighted by molar-refractivity contribution is 6.32. The van der Waals surface area contributed by atoms with Crippen LogP contribution < -0.4 is 4.74 Å². The maximum Gasteiger partial charge on any atom is 0.183 e.